The molecule has 0 N–H and O–H groups in total. The molecule has 3 nitrogen and oxygen atoms in total. The number of nitrogens with zero attached hydrogens (tertiary/aromatic N) is 2. The number of fused-ring (bicyclic) bond motifs is 3. The molecule has 0 spiro atoms. The predicted molar refractivity (Wildman–Crippen MR) is 57.2 cm³/mol. The fourth-order valence-corrected chi connectivity index (χ4v) is 2.10. The first kappa shape index (κ1) is 8.68. The van der Waals surface area contributed by atoms with Crippen molar-refractivity contribution in [2.75, 3.05) is 0 Å². The summed E-state index contributed by atoms with van der Waals surface area (Å²) >= 11 is 5.92. The van der Waals surface area contributed by atoms with E-state index in [0.717, 1.165) is 23.2 Å². The number of hydrogen-bond acceptors (Lipinski definition) is 2. The molecule has 0 unspecified atom stereocenters. The van der Waals surface area contributed by atoms with Crippen LogP contribution < -0.4 is 0 Å². The Hall–Kier alpha value is -1.61. The number of benzene rings is 1. The maximum Gasteiger partial charge on any atom is 0.168 e. The minimum Gasteiger partial charge on any atom is -0.317 e. The molecule has 0 fully saturated rings. The zero-order chi connectivity index (χ0) is 10.4. The van der Waals surface area contributed by atoms with Crippen molar-refractivity contribution in [2.24, 2.45) is 0 Å². The second kappa shape index (κ2) is 2.94. The van der Waals surface area contributed by atoms with Crippen molar-refractivity contribution in [1.82, 2.24) is 9.55 Å². The maximum absolute atomic E-state index is 10.8. The molecule has 0 atom stereocenters. The average molecular weight is 219 g/mol. The summed E-state index contributed by atoms with van der Waals surface area (Å²) in [5, 5.41) is 0.692. The van der Waals surface area contributed by atoms with Crippen molar-refractivity contribution in [1.29, 1.82) is 0 Å². The molecule has 0 radical (unpaired) electrons. The topological polar surface area (TPSA) is 34.9 Å². The van der Waals surface area contributed by atoms with Gasteiger partial charge in [0.15, 0.2) is 6.29 Å². The molecule has 1 aromatic heterocycles. The molecule has 4 heteroatoms. The van der Waals surface area contributed by atoms with Crippen LogP contribution in [0, 0.1) is 0 Å². The second-order valence-electron chi connectivity index (χ2n) is 3.51. The summed E-state index contributed by atoms with van der Waals surface area (Å²) in [4.78, 5) is 15.0. The summed E-state index contributed by atoms with van der Waals surface area (Å²) in [6.45, 7) is 0.704. The third kappa shape index (κ3) is 1.13. The van der Waals surface area contributed by atoms with E-state index < -0.39 is 0 Å². The number of rotatable bonds is 1. The number of aromatic nitrogens is 2. The smallest absolute Gasteiger partial charge is 0.168 e. The van der Waals surface area contributed by atoms with Crippen LogP contribution >= 0.6 is 11.6 Å². The van der Waals surface area contributed by atoms with Gasteiger partial charge in [0.1, 0.15) is 11.5 Å². The van der Waals surface area contributed by atoms with Gasteiger partial charge < -0.3 is 4.57 Å². The molecule has 2 aromatic rings. The number of aldehydes is 1. The molecule has 2 heterocycles. The van der Waals surface area contributed by atoms with Gasteiger partial charge in [0.25, 0.3) is 0 Å². The number of carbonyl (C=O) groups excluding carboxylic acids is 1. The number of carbonyl (C=O) groups is 1. The van der Waals surface area contributed by atoms with E-state index in [1.165, 1.54) is 0 Å². The lowest BCUT2D eigenvalue weighted by Crippen LogP contribution is -1.97. The molecule has 0 bridgehead atoms. The van der Waals surface area contributed by atoms with Crippen molar-refractivity contribution in [3.63, 3.8) is 0 Å². The molecule has 74 valence electrons. The van der Waals surface area contributed by atoms with Gasteiger partial charge in [-0.15, -0.1) is 0 Å². The molecule has 0 amide bonds. The van der Waals surface area contributed by atoms with Crippen LogP contribution in [0.5, 0.6) is 0 Å². The second-order valence-corrected chi connectivity index (χ2v) is 3.95. The van der Waals surface area contributed by atoms with Gasteiger partial charge in [-0.3, -0.25) is 4.79 Å². The number of imidazole rings is 1. The Labute approximate surface area is 91.3 Å². The molecule has 1 aromatic carbocycles. The van der Waals surface area contributed by atoms with Crippen LogP contribution in [0.3, 0.4) is 0 Å². The van der Waals surface area contributed by atoms with Crippen LogP contribution in [-0.2, 0) is 6.54 Å². The predicted octanol–water partition coefficient (Wildman–Crippen LogP) is 2.38. The van der Waals surface area contributed by atoms with Gasteiger partial charge in [-0.05, 0) is 17.7 Å². The van der Waals surface area contributed by atoms with Crippen molar-refractivity contribution < 1.29 is 4.79 Å². The van der Waals surface area contributed by atoms with E-state index in [2.05, 4.69) is 4.98 Å². The Balaban J connectivity index is 2.26. The van der Waals surface area contributed by atoms with Crippen LogP contribution in [0.2, 0.25) is 5.02 Å². The fourth-order valence-electron chi connectivity index (χ4n) is 1.93. The molecule has 1 aliphatic rings. The third-order valence-corrected chi connectivity index (χ3v) is 2.88. The van der Waals surface area contributed by atoms with E-state index in [1.807, 2.05) is 22.8 Å². The summed E-state index contributed by atoms with van der Waals surface area (Å²) < 4.78 is 1.90. The van der Waals surface area contributed by atoms with E-state index in [4.69, 9.17) is 11.6 Å². The highest BCUT2D eigenvalue weighted by Crippen LogP contribution is 2.33. The maximum atomic E-state index is 10.8. The first-order valence-electron chi connectivity index (χ1n) is 4.59. The van der Waals surface area contributed by atoms with Gasteiger partial charge in [-0.1, -0.05) is 17.7 Å². The van der Waals surface area contributed by atoms with Crippen molar-refractivity contribution in [3.05, 3.63) is 40.7 Å². The summed E-state index contributed by atoms with van der Waals surface area (Å²) in [5.74, 6) is 0.828. The van der Waals surface area contributed by atoms with E-state index >= 15 is 0 Å². The largest absolute Gasteiger partial charge is 0.317 e. The Morgan fingerprint density at radius 1 is 1.47 bits per heavy atom. The van der Waals surface area contributed by atoms with Crippen LogP contribution in [-0.4, -0.2) is 15.8 Å². The Morgan fingerprint density at radius 3 is 3.13 bits per heavy atom. The standard InChI is InChI=1S/C11H7ClN2O/c12-8-2-1-7-5-14-9(6-15)4-13-11(14)10(7)3-8/h1-4,6H,5H2. The van der Waals surface area contributed by atoms with E-state index in [-0.39, 0.29) is 0 Å². The number of hydrogen-bond donors (Lipinski definition) is 0. The van der Waals surface area contributed by atoms with E-state index in [0.29, 0.717) is 17.3 Å². The van der Waals surface area contributed by atoms with Crippen LogP contribution in [0.1, 0.15) is 16.1 Å². The fraction of sp³-hybridized carbons (Fsp3) is 0.0909. The SMILES string of the molecule is O=Cc1cnc2n1Cc1ccc(Cl)cc1-2. The highest BCUT2D eigenvalue weighted by atomic mass is 35.5. The van der Waals surface area contributed by atoms with Crippen molar-refractivity contribution in [3.8, 4) is 11.4 Å². The van der Waals surface area contributed by atoms with Crippen LogP contribution in [0.25, 0.3) is 11.4 Å². The Bertz CT molecular complexity index is 560. The minimum atomic E-state index is 0.609. The molecule has 3 rings (SSSR count). The molecular weight excluding hydrogens is 212 g/mol. The first-order chi connectivity index (χ1) is 7.29. The lowest BCUT2D eigenvalue weighted by Gasteiger charge is -1.97. The molecule has 1 aliphatic heterocycles. The van der Waals surface area contributed by atoms with Gasteiger partial charge in [-0.25, -0.2) is 4.98 Å². The molecular formula is C11H7ClN2O. The summed E-state index contributed by atoms with van der Waals surface area (Å²) in [5.41, 5.74) is 2.79. The molecule has 0 saturated heterocycles. The molecule has 15 heavy (non-hydrogen) atoms. The first-order valence-corrected chi connectivity index (χ1v) is 4.97. The quantitative estimate of drug-likeness (QED) is 0.588. The van der Waals surface area contributed by atoms with Gasteiger partial charge >= 0.3 is 0 Å². The average Bonchev–Trinajstić information content (AvgIpc) is 2.76. The van der Waals surface area contributed by atoms with Gasteiger partial charge in [0, 0.05) is 10.6 Å². The van der Waals surface area contributed by atoms with E-state index in [9.17, 15) is 4.79 Å². The zero-order valence-electron chi connectivity index (χ0n) is 7.77. The highest BCUT2D eigenvalue weighted by Gasteiger charge is 2.21. The van der Waals surface area contributed by atoms with Gasteiger partial charge in [0.2, 0.25) is 0 Å². The lowest BCUT2D eigenvalue weighted by atomic mass is 10.1. The molecule has 0 aliphatic carbocycles. The van der Waals surface area contributed by atoms with Crippen molar-refractivity contribution >= 4 is 17.9 Å². The van der Waals surface area contributed by atoms with Crippen LogP contribution in [0.15, 0.2) is 24.4 Å². The van der Waals surface area contributed by atoms with Crippen LogP contribution in [0.4, 0.5) is 0 Å². The van der Waals surface area contributed by atoms with E-state index in [1.54, 1.807) is 6.20 Å². The third-order valence-electron chi connectivity index (χ3n) is 2.65. The lowest BCUT2D eigenvalue weighted by molar-refractivity contribution is 0.111. The highest BCUT2D eigenvalue weighted by molar-refractivity contribution is 6.30. The summed E-state index contributed by atoms with van der Waals surface area (Å²) in [7, 11) is 0. The summed E-state index contributed by atoms with van der Waals surface area (Å²) in [6.07, 6.45) is 2.41. The normalized spacial score (nSPS) is 12.3. The number of halogens is 1. The molecule has 0 saturated carbocycles. The minimum absolute atomic E-state index is 0.609. The summed E-state index contributed by atoms with van der Waals surface area (Å²) in [6, 6.07) is 5.71. The van der Waals surface area contributed by atoms with Gasteiger partial charge in [-0.2, -0.15) is 0 Å². The van der Waals surface area contributed by atoms with Crippen molar-refractivity contribution in [2.45, 2.75) is 6.54 Å². The monoisotopic (exact) mass is 218 g/mol. The zero-order valence-corrected chi connectivity index (χ0v) is 8.53. The van der Waals surface area contributed by atoms with Gasteiger partial charge in [0.05, 0.1) is 12.7 Å². The Morgan fingerprint density at radius 2 is 2.33 bits per heavy atom. The Kier molecular flexibility index (Phi) is 1.70.